The minimum atomic E-state index is -0.0549. The summed E-state index contributed by atoms with van der Waals surface area (Å²) in [4.78, 5) is 14.4. The van der Waals surface area contributed by atoms with Crippen molar-refractivity contribution in [2.45, 2.75) is 38.6 Å². The molecule has 3 N–H and O–H groups in total. The van der Waals surface area contributed by atoms with E-state index in [-0.39, 0.29) is 17.7 Å². The van der Waals surface area contributed by atoms with Crippen LogP contribution in [0.4, 0.5) is 0 Å². The second-order valence-electron chi connectivity index (χ2n) is 5.20. The smallest absolute Gasteiger partial charge is 0.257 e. The molecule has 1 aromatic carbocycles. The van der Waals surface area contributed by atoms with Crippen LogP contribution in [0.2, 0.25) is 0 Å². The molecule has 1 aromatic rings. The van der Waals surface area contributed by atoms with Gasteiger partial charge in [0, 0.05) is 12.6 Å². The lowest BCUT2D eigenvalue weighted by Crippen LogP contribution is -2.35. The molecule has 2 rings (SSSR count). The highest BCUT2D eigenvalue weighted by atomic mass is 16.3. The molecule has 1 aliphatic heterocycles. The van der Waals surface area contributed by atoms with Gasteiger partial charge in [-0.2, -0.15) is 0 Å². The van der Waals surface area contributed by atoms with Crippen LogP contribution in [0.3, 0.4) is 0 Å². The van der Waals surface area contributed by atoms with Crippen LogP contribution in [0.5, 0.6) is 5.75 Å². The van der Waals surface area contributed by atoms with E-state index >= 15 is 0 Å². The highest BCUT2D eigenvalue weighted by Crippen LogP contribution is 2.28. The Kier molecular flexibility index (Phi) is 4.43. The predicted octanol–water partition coefficient (Wildman–Crippen LogP) is 2.04. The summed E-state index contributed by atoms with van der Waals surface area (Å²) in [5.74, 6) is 0.0534. The maximum atomic E-state index is 12.5. The molecular formula is C15H22N2O2. The minimum Gasteiger partial charge on any atom is -0.507 e. The van der Waals surface area contributed by atoms with Gasteiger partial charge >= 0.3 is 0 Å². The molecule has 104 valence electrons. The predicted molar refractivity (Wildman–Crippen MR) is 75.2 cm³/mol. The van der Waals surface area contributed by atoms with Gasteiger partial charge in [0.1, 0.15) is 5.75 Å². The number of phenols is 1. The summed E-state index contributed by atoms with van der Waals surface area (Å²) in [6.45, 7) is 3.25. The third kappa shape index (κ3) is 2.89. The fourth-order valence-corrected chi connectivity index (χ4v) is 2.74. The van der Waals surface area contributed by atoms with E-state index in [0.717, 1.165) is 37.8 Å². The number of benzene rings is 1. The Balaban J connectivity index is 2.16. The SMILES string of the molecule is Cc1cccc(C(=O)N2CCCC2CCCN)c1O. The Hall–Kier alpha value is -1.55. The number of aromatic hydroxyl groups is 1. The first-order chi connectivity index (χ1) is 9.15. The zero-order chi connectivity index (χ0) is 13.8. The van der Waals surface area contributed by atoms with Crippen LogP contribution in [0.1, 0.15) is 41.6 Å². The van der Waals surface area contributed by atoms with Gasteiger partial charge in [0.2, 0.25) is 0 Å². The van der Waals surface area contributed by atoms with Gasteiger partial charge < -0.3 is 15.7 Å². The van der Waals surface area contributed by atoms with Crippen molar-refractivity contribution in [2.75, 3.05) is 13.1 Å². The molecular weight excluding hydrogens is 240 g/mol. The van der Waals surface area contributed by atoms with Gasteiger partial charge in [-0.3, -0.25) is 4.79 Å². The summed E-state index contributed by atoms with van der Waals surface area (Å²) in [6, 6.07) is 5.59. The molecule has 1 aliphatic rings. The number of hydrogen-bond donors (Lipinski definition) is 2. The van der Waals surface area contributed by atoms with Crippen LogP contribution in [0.25, 0.3) is 0 Å². The number of carbonyl (C=O) groups is 1. The highest BCUT2D eigenvalue weighted by Gasteiger charge is 2.30. The first-order valence-corrected chi connectivity index (χ1v) is 6.94. The largest absolute Gasteiger partial charge is 0.507 e. The number of para-hydroxylation sites is 1. The molecule has 1 unspecified atom stereocenters. The van der Waals surface area contributed by atoms with Crippen LogP contribution in [0.15, 0.2) is 18.2 Å². The van der Waals surface area contributed by atoms with Gasteiger partial charge in [-0.05, 0) is 50.8 Å². The molecule has 4 nitrogen and oxygen atoms in total. The topological polar surface area (TPSA) is 66.6 Å². The van der Waals surface area contributed by atoms with Crippen LogP contribution in [-0.4, -0.2) is 35.0 Å². The number of aryl methyl sites for hydroxylation is 1. The van der Waals surface area contributed by atoms with Crippen molar-refractivity contribution in [1.29, 1.82) is 0 Å². The minimum absolute atomic E-state index is 0.0549. The summed E-state index contributed by atoms with van der Waals surface area (Å²) < 4.78 is 0. The van der Waals surface area contributed by atoms with E-state index in [1.165, 1.54) is 0 Å². The third-order valence-corrected chi connectivity index (χ3v) is 3.85. The summed E-state index contributed by atoms with van der Waals surface area (Å²) in [6.07, 6.45) is 3.97. The number of amides is 1. The van der Waals surface area contributed by atoms with E-state index in [4.69, 9.17) is 5.73 Å². The molecule has 0 bridgehead atoms. The van der Waals surface area contributed by atoms with Crippen molar-refractivity contribution in [3.05, 3.63) is 29.3 Å². The van der Waals surface area contributed by atoms with Crippen LogP contribution >= 0.6 is 0 Å². The van der Waals surface area contributed by atoms with Crippen LogP contribution < -0.4 is 5.73 Å². The van der Waals surface area contributed by atoms with Gasteiger partial charge in [-0.1, -0.05) is 12.1 Å². The van der Waals surface area contributed by atoms with Gasteiger partial charge in [0.25, 0.3) is 5.91 Å². The quantitative estimate of drug-likeness (QED) is 0.872. The van der Waals surface area contributed by atoms with E-state index < -0.39 is 0 Å². The molecule has 0 aliphatic carbocycles. The Labute approximate surface area is 114 Å². The van der Waals surface area contributed by atoms with Crippen molar-refractivity contribution in [1.82, 2.24) is 4.90 Å². The normalized spacial score (nSPS) is 18.8. The van der Waals surface area contributed by atoms with Gasteiger partial charge in [0.15, 0.2) is 0 Å². The molecule has 0 saturated carbocycles. The Bertz CT molecular complexity index is 459. The van der Waals surface area contributed by atoms with Crippen LogP contribution in [-0.2, 0) is 0 Å². The van der Waals surface area contributed by atoms with Gasteiger partial charge in [-0.25, -0.2) is 0 Å². The lowest BCUT2D eigenvalue weighted by molar-refractivity contribution is 0.0726. The number of nitrogens with two attached hydrogens (primary N) is 1. The molecule has 1 saturated heterocycles. The number of nitrogens with zero attached hydrogens (tertiary/aromatic N) is 1. The number of likely N-dealkylation sites (tertiary alicyclic amines) is 1. The second kappa shape index (κ2) is 6.06. The molecule has 19 heavy (non-hydrogen) atoms. The van der Waals surface area contributed by atoms with E-state index in [1.54, 1.807) is 6.07 Å². The number of phenolic OH excluding ortho intramolecular Hbond substituents is 1. The summed E-state index contributed by atoms with van der Waals surface area (Å²) in [5.41, 5.74) is 6.70. The van der Waals surface area contributed by atoms with E-state index in [2.05, 4.69) is 0 Å². The fraction of sp³-hybridized carbons (Fsp3) is 0.533. The van der Waals surface area contributed by atoms with Gasteiger partial charge in [-0.15, -0.1) is 0 Å². The maximum Gasteiger partial charge on any atom is 0.257 e. The first-order valence-electron chi connectivity index (χ1n) is 6.94. The lowest BCUT2D eigenvalue weighted by atomic mass is 10.1. The summed E-state index contributed by atoms with van der Waals surface area (Å²) >= 11 is 0. The average Bonchev–Trinajstić information content (AvgIpc) is 2.87. The molecule has 1 atom stereocenters. The maximum absolute atomic E-state index is 12.5. The Morgan fingerprint density at radius 1 is 1.53 bits per heavy atom. The Morgan fingerprint density at radius 2 is 2.32 bits per heavy atom. The van der Waals surface area contributed by atoms with Crippen molar-refractivity contribution >= 4 is 5.91 Å². The number of hydrogen-bond acceptors (Lipinski definition) is 3. The molecule has 0 spiro atoms. The van der Waals surface area contributed by atoms with E-state index in [1.807, 2.05) is 24.0 Å². The molecule has 1 amide bonds. The molecule has 1 fully saturated rings. The zero-order valence-electron chi connectivity index (χ0n) is 11.4. The number of rotatable bonds is 4. The number of carbonyl (C=O) groups excluding carboxylic acids is 1. The third-order valence-electron chi connectivity index (χ3n) is 3.85. The fourth-order valence-electron chi connectivity index (χ4n) is 2.74. The molecule has 4 heteroatoms. The standard InChI is InChI=1S/C15H22N2O2/c1-11-5-2-8-13(14(11)18)15(19)17-10-4-7-12(17)6-3-9-16/h2,5,8,12,18H,3-4,6-7,9-10,16H2,1H3. The van der Waals surface area contributed by atoms with Gasteiger partial charge in [0.05, 0.1) is 5.56 Å². The molecule has 0 radical (unpaired) electrons. The molecule has 0 aromatic heterocycles. The van der Waals surface area contributed by atoms with Crippen molar-refractivity contribution in [3.63, 3.8) is 0 Å². The summed E-state index contributed by atoms with van der Waals surface area (Å²) in [7, 11) is 0. The second-order valence-corrected chi connectivity index (χ2v) is 5.20. The van der Waals surface area contributed by atoms with Crippen molar-refractivity contribution < 1.29 is 9.90 Å². The first kappa shape index (κ1) is 13.9. The van der Waals surface area contributed by atoms with E-state index in [9.17, 15) is 9.90 Å². The average molecular weight is 262 g/mol. The highest BCUT2D eigenvalue weighted by molar-refractivity contribution is 5.97. The monoisotopic (exact) mass is 262 g/mol. The summed E-state index contributed by atoms with van der Waals surface area (Å²) in [5, 5.41) is 10.0. The van der Waals surface area contributed by atoms with E-state index in [0.29, 0.717) is 12.1 Å². The lowest BCUT2D eigenvalue weighted by Gasteiger charge is -2.25. The molecule has 1 heterocycles. The Morgan fingerprint density at radius 3 is 3.05 bits per heavy atom. The van der Waals surface area contributed by atoms with Crippen molar-refractivity contribution in [2.24, 2.45) is 5.73 Å². The van der Waals surface area contributed by atoms with Crippen LogP contribution in [0, 0.1) is 6.92 Å². The van der Waals surface area contributed by atoms with Crippen molar-refractivity contribution in [3.8, 4) is 5.75 Å². The zero-order valence-corrected chi connectivity index (χ0v) is 11.4.